The van der Waals surface area contributed by atoms with Crippen molar-refractivity contribution < 1.29 is 24.2 Å². The average Bonchev–Trinajstić information content (AvgIpc) is 3.08. The van der Waals surface area contributed by atoms with Gasteiger partial charge in [0.05, 0.1) is 18.9 Å². The van der Waals surface area contributed by atoms with Gasteiger partial charge in [-0.2, -0.15) is 0 Å². The average molecular weight is 444 g/mol. The minimum absolute atomic E-state index is 0.0968. The molecule has 1 heterocycles. The van der Waals surface area contributed by atoms with Crippen LogP contribution >= 0.6 is 0 Å². The number of fused-ring (bicyclic) bond motifs is 1. The summed E-state index contributed by atoms with van der Waals surface area (Å²) in [5.74, 6) is -1.48. The molecule has 5 atom stereocenters. The highest BCUT2D eigenvalue weighted by molar-refractivity contribution is 6.01. The molecule has 1 aliphatic heterocycles. The summed E-state index contributed by atoms with van der Waals surface area (Å²) in [5.41, 5.74) is 0.614. The summed E-state index contributed by atoms with van der Waals surface area (Å²) in [5, 5.41) is 14.7. The smallest absolute Gasteiger partial charge is 0.247 e. The van der Waals surface area contributed by atoms with Gasteiger partial charge in [0.15, 0.2) is 0 Å². The molecule has 3 amide bonds. The summed E-state index contributed by atoms with van der Waals surface area (Å²) in [6.45, 7) is 2.44. The van der Waals surface area contributed by atoms with Crippen molar-refractivity contribution in [2.75, 3.05) is 32.6 Å². The molecule has 0 radical (unpaired) electrons. The van der Waals surface area contributed by atoms with E-state index in [1.807, 2.05) is 19.1 Å². The van der Waals surface area contributed by atoms with Crippen LogP contribution < -0.4 is 15.4 Å². The second-order valence-electron chi connectivity index (χ2n) is 8.47. The molecule has 0 spiro atoms. The normalized spacial score (nSPS) is 26.6. The Morgan fingerprint density at radius 2 is 1.81 bits per heavy atom. The monoisotopic (exact) mass is 443 g/mol. The Labute approximate surface area is 189 Å². The van der Waals surface area contributed by atoms with Crippen LogP contribution in [0.3, 0.4) is 0 Å². The van der Waals surface area contributed by atoms with E-state index in [-0.39, 0.29) is 36.2 Å². The van der Waals surface area contributed by atoms with E-state index in [0.717, 1.165) is 6.42 Å². The molecular formula is C24H33N3O5. The van der Waals surface area contributed by atoms with Gasteiger partial charge in [-0.25, -0.2) is 0 Å². The first-order chi connectivity index (χ1) is 15.4. The van der Waals surface area contributed by atoms with E-state index in [1.54, 1.807) is 43.3 Å². The third-order valence-corrected chi connectivity index (χ3v) is 6.51. The Morgan fingerprint density at radius 3 is 2.44 bits per heavy atom. The number of rotatable bonds is 9. The summed E-state index contributed by atoms with van der Waals surface area (Å²) in [6.07, 6.45) is 5.96. The zero-order chi connectivity index (χ0) is 23.3. The lowest BCUT2D eigenvalue weighted by Gasteiger charge is -2.32. The number of allylic oxidation sites excluding steroid dienone is 1. The van der Waals surface area contributed by atoms with E-state index in [4.69, 9.17) is 9.84 Å². The van der Waals surface area contributed by atoms with Crippen LogP contribution in [0, 0.1) is 23.7 Å². The SMILES string of the molecule is CNC(=O)[C@H]1[C@@H]2C(=O)N(CCCCCO)[C@H](C(=O)Nc3ccc(OC)cc3)[C@H]2C=C[C@H]1C. The predicted octanol–water partition coefficient (Wildman–Crippen LogP) is 1.81. The molecule has 0 unspecified atom stereocenters. The number of amides is 3. The van der Waals surface area contributed by atoms with E-state index in [9.17, 15) is 14.4 Å². The third kappa shape index (κ3) is 4.80. The van der Waals surface area contributed by atoms with Crippen LogP contribution in [0.25, 0.3) is 0 Å². The Hall–Kier alpha value is -2.87. The molecule has 0 saturated carbocycles. The van der Waals surface area contributed by atoms with E-state index in [1.165, 1.54) is 0 Å². The number of benzene rings is 1. The number of anilines is 1. The molecule has 8 heteroatoms. The standard InChI is InChI=1S/C24H33N3O5/c1-15-7-12-18-20(19(15)22(29)25-2)24(31)27(13-5-4-6-14-28)21(18)23(30)26-16-8-10-17(32-3)11-9-16/h7-12,15,18-21,28H,4-6,13-14H2,1-3H3,(H,25,29)(H,26,30)/t15-,18+,19-,20-,21+/m1/s1. The predicted molar refractivity (Wildman–Crippen MR) is 121 cm³/mol. The fourth-order valence-electron chi connectivity index (χ4n) is 4.86. The number of carbonyl (C=O) groups is 3. The maximum Gasteiger partial charge on any atom is 0.247 e. The van der Waals surface area contributed by atoms with Gasteiger partial charge in [0, 0.05) is 31.8 Å². The summed E-state index contributed by atoms with van der Waals surface area (Å²) in [6, 6.07) is 6.33. The number of aliphatic hydroxyl groups excluding tert-OH is 1. The van der Waals surface area contributed by atoms with Crippen molar-refractivity contribution >= 4 is 23.4 Å². The van der Waals surface area contributed by atoms with Crippen LogP contribution in [-0.2, 0) is 14.4 Å². The van der Waals surface area contributed by atoms with Gasteiger partial charge in [-0.15, -0.1) is 0 Å². The van der Waals surface area contributed by atoms with Gasteiger partial charge in [0.1, 0.15) is 11.8 Å². The molecule has 32 heavy (non-hydrogen) atoms. The zero-order valence-electron chi connectivity index (χ0n) is 18.9. The number of nitrogens with one attached hydrogen (secondary N) is 2. The molecule has 3 rings (SSSR count). The minimum atomic E-state index is -0.695. The van der Waals surface area contributed by atoms with Crippen molar-refractivity contribution in [2.24, 2.45) is 23.7 Å². The molecule has 8 nitrogen and oxygen atoms in total. The number of carbonyl (C=O) groups excluding carboxylic acids is 3. The number of methoxy groups -OCH3 is 1. The maximum atomic E-state index is 13.5. The number of hydrogen-bond acceptors (Lipinski definition) is 5. The van der Waals surface area contributed by atoms with Crippen molar-refractivity contribution in [3.8, 4) is 5.75 Å². The molecule has 0 aromatic heterocycles. The first kappa shape index (κ1) is 23.8. The van der Waals surface area contributed by atoms with E-state index < -0.39 is 17.9 Å². The van der Waals surface area contributed by atoms with Crippen LogP contribution in [0.1, 0.15) is 26.2 Å². The second kappa shape index (κ2) is 10.6. The van der Waals surface area contributed by atoms with Gasteiger partial charge in [-0.05, 0) is 49.4 Å². The van der Waals surface area contributed by atoms with E-state index in [2.05, 4.69) is 10.6 Å². The Morgan fingerprint density at radius 1 is 1.09 bits per heavy atom. The quantitative estimate of drug-likeness (QED) is 0.399. The van der Waals surface area contributed by atoms with E-state index in [0.29, 0.717) is 30.8 Å². The van der Waals surface area contributed by atoms with Crippen LogP contribution in [0.15, 0.2) is 36.4 Å². The van der Waals surface area contributed by atoms with E-state index >= 15 is 0 Å². The van der Waals surface area contributed by atoms with Crippen molar-refractivity contribution in [2.45, 2.75) is 32.2 Å². The number of nitrogens with zero attached hydrogens (tertiary/aromatic N) is 1. The maximum absolute atomic E-state index is 13.5. The van der Waals surface area contributed by atoms with Crippen molar-refractivity contribution in [1.82, 2.24) is 10.2 Å². The summed E-state index contributed by atoms with van der Waals surface area (Å²) in [4.78, 5) is 41.2. The number of aliphatic hydroxyl groups is 1. The number of likely N-dealkylation sites (tertiary alicyclic amines) is 1. The Kier molecular flexibility index (Phi) is 7.90. The van der Waals surface area contributed by atoms with Gasteiger partial charge >= 0.3 is 0 Å². The molecule has 1 aromatic carbocycles. The number of unbranched alkanes of at least 4 members (excludes halogenated alkanes) is 2. The number of hydrogen-bond donors (Lipinski definition) is 3. The molecular weight excluding hydrogens is 410 g/mol. The van der Waals surface area contributed by atoms with Gasteiger partial charge in [-0.1, -0.05) is 19.1 Å². The summed E-state index contributed by atoms with van der Waals surface area (Å²) < 4.78 is 5.16. The van der Waals surface area contributed by atoms with Gasteiger partial charge in [0.25, 0.3) is 0 Å². The van der Waals surface area contributed by atoms with Gasteiger partial charge in [-0.3, -0.25) is 14.4 Å². The van der Waals surface area contributed by atoms with Crippen molar-refractivity contribution in [1.29, 1.82) is 0 Å². The van der Waals surface area contributed by atoms with Crippen LogP contribution in [0.4, 0.5) is 5.69 Å². The first-order valence-corrected chi connectivity index (χ1v) is 11.2. The zero-order valence-corrected chi connectivity index (χ0v) is 18.9. The third-order valence-electron chi connectivity index (χ3n) is 6.51. The number of ether oxygens (including phenoxy) is 1. The lowest BCUT2D eigenvalue weighted by atomic mass is 9.70. The highest BCUT2D eigenvalue weighted by Crippen LogP contribution is 2.44. The Bertz CT molecular complexity index is 854. The highest BCUT2D eigenvalue weighted by atomic mass is 16.5. The molecule has 3 N–H and O–H groups in total. The van der Waals surface area contributed by atoms with Gasteiger partial charge < -0.3 is 25.4 Å². The fraction of sp³-hybridized carbons (Fsp3) is 0.542. The second-order valence-corrected chi connectivity index (χ2v) is 8.47. The molecule has 174 valence electrons. The molecule has 1 saturated heterocycles. The largest absolute Gasteiger partial charge is 0.497 e. The van der Waals surface area contributed by atoms with Crippen molar-refractivity contribution in [3.63, 3.8) is 0 Å². The highest BCUT2D eigenvalue weighted by Gasteiger charge is 2.56. The van der Waals surface area contributed by atoms with Gasteiger partial charge in [0.2, 0.25) is 17.7 Å². The lowest BCUT2D eigenvalue weighted by Crippen LogP contribution is -2.45. The Balaban J connectivity index is 1.88. The molecule has 2 aliphatic rings. The minimum Gasteiger partial charge on any atom is -0.497 e. The summed E-state index contributed by atoms with van der Waals surface area (Å²) in [7, 11) is 3.15. The van der Waals surface area contributed by atoms with Crippen LogP contribution in [-0.4, -0.2) is 61.1 Å². The van der Waals surface area contributed by atoms with Crippen LogP contribution in [0.2, 0.25) is 0 Å². The lowest BCUT2D eigenvalue weighted by molar-refractivity contribution is -0.140. The van der Waals surface area contributed by atoms with Crippen LogP contribution in [0.5, 0.6) is 5.75 Å². The van der Waals surface area contributed by atoms with Crippen molar-refractivity contribution in [3.05, 3.63) is 36.4 Å². The molecule has 1 aliphatic carbocycles. The molecule has 1 aromatic rings. The molecule has 1 fully saturated rings. The topological polar surface area (TPSA) is 108 Å². The fourth-order valence-corrected chi connectivity index (χ4v) is 4.86. The molecule has 0 bridgehead atoms. The summed E-state index contributed by atoms with van der Waals surface area (Å²) >= 11 is 0. The first-order valence-electron chi connectivity index (χ1n) is 11.2.